The van der Waals surface area contributed by atoms with Gasteiger partial charge in [-0.25, -0.2) is 0 Å². The Bertz CT molecular complexity index is 335. The second-order valence-corrected chi connectivity index (χ2v) is 4.10. The zero-order valence-electron chi connectivity index (χ0n) is 8.76. The average Bonchev–Trinajstić information content (AvgIpc) is 2.17. The van der Waals surface area contributed by atoms with E-state index in [1.165, 1.54) is 0 Å². The smallest absolute Gasteiger partial charge is 0.106 e. The highest BCUT2D eigenvalue weighted by Gasteiger charge is 2.37. The van der Waals surface area contributed by atoms with Crippen LogP contribution in [-0.4, -0.2) is 29.5 Å². The Balaban J connectivity index is 2.10. The number of ether oxygens (including phenoxy) is 1. The van der Waals surface area contributed by atoms with E-state index in [1.54, 1.807) is 0 Å². The van der Waals surface area contributed by atoms with E-state index in [4.69, 9.17) is 9.84 Å². The molecule has 2 rings (SSSR count). The molecule has 0 aliphatic carbocycles. The number of aryl methyl sites for hydroxylation is 1. The van der Waals surface area contributed by atoms with Crippen LogP contribution in [0.4, 0.5) is 0 Å². The molecule has 0 radical (unpaired) electrons. The van der Waals surface area contributed by atoms with Crippen molar-refractivity contribution < 1.29 is 14.9 Å². The standard InChI is InChI=1S/C12H16O3/c1-8-3-2-4-9(5-8)11(14)12-10(6-13)7-15-12/h2-5,10-14H,6-7H2,1H3. The maximum atomic E-state index is 10.0. The molecule has 0 amide bonds. The number of hydrogen-bond acceptors (Lipinski definition) is 3. The van der Waals surface area contributed by atoms with Gasteiger partial charge in [0.2, 0.25) is 0 Å². The van der Waals surface area contributed by atoms with E-state index in [1.807, 2.05) is 31.2 Å². The topological polar surface area (TPSA) is 49.7 Å². The first-order valence-corrected chi connectivity index (χ1v) is 5.19. The minimum absolute atomic E-state index is 0.0699. The molecular formula is C12H16O3. The van der Waals surface area contributed by atoms with Crippen molar-refractivity contribution in [2.24, 2.45) is 5.92 Å². The summed E-state index contributed by atoms with van der Waals surface area (Å²) >= 11 is 0. The molecule has 3 unspecified atom stereocenters. The zero-order valence-corrected chi connectivity index (χ0v) is 8.76. The van der Waals surface area contributed by atoms with Gasteiger partial charge in [0.1, 0.15) is 6.10 Å². The largest absolute Gasteiger partial charge is 0.396 e. The van der Waals surface area contributed by atoms with Crippen LogP contribution in [0.5, 0.6) is 0 Å². The molecule has 3 nitrogen and oxygen atoms in total. The van der Waals surface area contributed by atoms with Gasteiger partial charge in [-0.3, -0.25) is 0 Å². The molecule has 0 aromatic heterocycles. The fraction of sp³-hybridized carbons (Fsp3) is 0.500. The third-order valence-electron chi connectivity index (χ3n) is 2.90. The molecule has 3 atom stereocenters. The summed E-state index contributed by atoms with van der Waals surface area (Å²) < 4.78 is 5.28. The first-order valence-electron chi connectivity index (χ1n) is 5.19. The molecule has 1 heterocycles. The van der Waals surface area contributed by atoms with E-state index in [9.17, 15) is 5.11 Å². The van der Waals surface area contributed by atoms with Crippen LogP contribution < -0.4 is 0 Å². The van der Waals surface area contributed by atoms with E-state index in [2.05, 4.69) is 0 Å². The molecule has 1 aromatic rings. The van der Waals surface area contributed by atoms with Gasteiger partial charge in [-0.15, -0.1) is 0 Å². The van der Waals surface area contributed by atoms with Crippen molar-refractivity contribution in [3.63, 3.8) is 0 Å². The SMILES string of the molecule is Cc1cccc(C(O)C2OCC2CO)c1. The second-order valence-electron chi connectivity index (χ2n) is 4.10. The Morgan fingerprint density at radius 3 is 2.87 bits per heavy atom. The summed E-state index contributed by atoms with van der Waals surface area (Å²) in [7, 11) is 0. The number of aliphatic hydroxyl groups excluding tert-OH is 2. The third-order valence-corrected chi connectivity index (χ3v) is 2.90. The lowest BCUT2D eigenvalue weighted by molar-refractivity contribution is -0.180. The summed E-state index contributed by atoms with van der Waals surface area (Å²) in [5.74, 6) is 0.0699. The van der Waals surface area contributed by atoms with Crippen LogP contribution in [0.25, 0.3) is 0 Å². The highest BCUT2D eigenvalue weighted by atomic mass is 16.5. The third kappa shape index (κ3) is 2.04. The van der Waals surface area contributed by atoms with Crippen molar-refractivity contribution in [3.05, 3.63) is 35.4 Å². The van der Waals surface area contributed by atoms with E-state index < -0.39 is 6.10 Å². The molecule has 1 saturated heterocycles. The minimum Gasteiger partial charge on any atom is -0.396 e. The summed E-state index contributed by atoms with van der Waals surface area (Å²) in [6.07, 6.45) is -0.882. The lowest BCUT2D eigenvalue weighted by Crippen LogP contribution is -2.45. The molecule has 0 bridgehead atoms. The van der Waals surface area contributed by atoms with Crippen molar-refractivity contribution in [2.75, 3.05) is 13.2 Å². The monoisotopic (exact) mass is 208 g/mol. The predicted molar refractivity (Wildman–Crippen MR) is 56.5 cm³/mol. The van der Waals surface area contributed by atoms with Crippen LogP contribution >= 0.6 is 0 Å². The van der Waals surface area contributed by atoms with E-state index in [0.29, 0.717) is 6.61 Å². The number of hydrogen-bond donors (Lipinski definition) is 2. The van der Waals surface area contributed by atoms with Gasteiger partial charge in [0, 0.05) is 5.92 Å². The summed E-state index contributed by atoms with van der Waals surface area (Å²) in [5, 5.41) is 19.0. The maximum Gasteiger partial charge on any atom is 0.106 e. The van der Waals surface area contributed by atoms with Crippen LogP contribution in [0.1, 0.15) is 17.2 Å². The summed E-state index contributed by atoms with van der Waals surface area (Å²) in [5.41, 5.74) is 1.98. The lowest BCUT2D eigenvalue weighted by Gasteiger charge is -2.38. The Morgan fingerprint density at radius 1 is 1.53 bits per heavy atom. The van der Waals surface area contributed by atoms with Crippen molar-refractivity contribution in [1.29, 1.82) is 0 Å². The number of rotatable bonds is 3. The van der Waals surface area contributed by atoms with Crippen molar-refractivity contribution in [1.82, 2.24) is 0 Å². The second kappa shape index (κ2) is 4.31. The van der Waals surface area contributed by atoms with E-state index >= 15 is 0 Å². The number of aliphatic hydroxyl groups is 2. The van der Waals surface area contributed by atoms with E-state index in [-0.39, 0.29) is 18.6 Å². The molecule has 15 heavy (non-hydrogen) atoms. The normalized spacial score (nSPS) is 27.1. The van der Waals surface area contributed by atoms with Gasteiger partial charge in [-0.2, -0.15) is 0 Å². The molecule has 82 valence electrons. The van der Waals surface area contributed by atoms with Gasteiger partial charge in [0.05, 0.1) is 19.3 Å². The quantitative estimate of drug-likeness (QED) is 0.780. The molecule has 1 aliphatic rings. The van der Waals surface area contributed by atoms with Crippen LogP contribution in [0.15, 0.2) is 24.3 Å². The average molecular weight is 208 g/mol. The van der Waals surface area contributed by atoms with Crippen molar-refractivity contribution in [3.8, 4) is 0 Å². The molecule has 0 spiro atoms. The molecule has 0 saturated carbocycles. The molecular weight excluding hydrogens is 192 g/mol. The highest BCUT2D eigenvalue weighted by Crippen LogP contribution is 2.31. The van der Waals surface area contributed by atoms with Gasteiger partial charge < -0.3 is 14.9 Å². The highest BCUT2D eigenvalue weighted by molar-refractivity contribution is 5.25. The first-order chi connectivity index (χ1) is 7.22. The minimum atomic E-state index is -0.629. The first kappa shape index (κ1) is 10.6. The number of benzene rings is 1. The van der Waals surface area contributed by atoms with Crippen molar-refractivity contribution >= 4 is 0 Å². The fourth-order valence-corrected chi connectivity index (χ4v) is 1.89. The molecule has 3 heteroatoms. The molecule has 1 aliphatic heterocycles. The van der Waals surface area contributed by atoms with Gasteiger partial charge in [0.25, 0.3) is 0 Å². The van der Waals surface area contributed by atoms with Gasteiger partial charge in [-0.05, 0) is 12.5 Å². The molecule has 2 N–H and O–H groups in total. The summed E-state index contributed by atoms with van der Waals surface area (Å²) in [6, 6.07) is 7.73. The van der Waals surface area contributed by atoms with Crippen LogP contribution in [-0.2, 0) is 4.74 Å². The van der Waals surface area contributed by atoms with Gasteiger partial charge in [-0.1, -0.05) is 29.8 Å². The zero-order chi connectivity index (χ0) is 10.8. The Labute approximate surface area is 89.3 Å². The van der Waals surface area contributed by atoms with E-state index in [0.717, 1.165) is 11.1 Å². The van der Waals surface area contributed by atoms with Gasteiger partial charge >= 0.3 is 0 Å². The predicted octanol–water partition coefficient (Wildman–Crippen LogP) is 1.04. The van der Waals surface area contributed by atoms with Gasteiger partial charge in [0.15, 0.2) is 0 Å². The van der Waals surface area contributed by atoms with Crippen molar-refractivity contribution in [2.45, 2.75) is 19.1 Å². The van der Waals surface area contributed by atoms with Crippen LogP contribution in [0, 0.1) is 12.8 Å². The summed E-state index contributed by atoms with van der Waals surface area (Å²) in [4.78, 5) is 0. The summed E-state index contributed by atoms with van der Waals surface area (Å²) in [6.45, 7) is 2.61. The maximum absolute atomic E-state index is 10.0. The van der Waals surface area contributed by atoms with Crippen LogP contribution in [0.3, 0.4) is 0 Å². The Kier molecular flexibility index (Phi) is 3.05. The van der Waals surface area contributed by atoms with Crippen LogP contribution in [0.2, 0.25) is 0 Å². The Morgan fingerprint density at radius 2 is 2.33 bits per heavy atom. The Hall–Kier alpha value is -0.900. The lowest BCUT2D eigenvalue weighted by atomic mass is 9.90. The molecule has 1 fully saturated rings. The fourth-order valence-electron chi connectivity index (χ4n) is 1.89. The molecule has 1 aromatic carbocycles.